The van der Waals surface area contributed by atoms with Crippen LogP contribution in [0.15, 0.2) is 12.1 Å². The van der Waals surface area contributed by atoms with E-state index in [2.05, 4.69) is 6.07 Å². The number of benzene rings is 1. The van der Waals surface area contributed by atoms with Gasteiger partial charge in [0.05, 0.1) is 6.61 Å². The maximum absolute atomic E-state index is 6.41. The van der Waals surface area contributed by atoms with Crippen LogP contribution in [0.1, 0.15) is 30.4 Å². The van der Waals surface area contributed by atoms with Gasteiger partial charge in [-0.1, -0.05) is 12.1 Å². The van der Waals surface area contributed by atoms with Gasteiger partial charge >= 0.3 is 0 Å². The van der Waals surface area contributed by atoms with Gasteiger partial charge in [-0.2, -0.15) is 0 Å². The van der Waals surface area contributed by atoms with E-state index in [9.17, 15) is 0 Å². The third-order valence-electron chi connectivity index (χ3n) is 3.85. The lowest BCUT2D eigenvalue weighted by Gasteiger charge is -2.40. The van der Waals surface area contributed by atoms with Crippen molar-refractivity contribution < 1.29 is 14.2 Å². The molecule has 1 aromatic carbocycles. The van der Waals surface area contributed by atoms with E-state index < -0.39 is 0 Å². The van der Waals surface area contributed by atoms with Crippen molar-refractivity contribution in [2.24, 2.45) is 5.73 Å². The van der Waals surface area contributed by atoms with E-state index in [1.807, 2.05) is 6.07 Å². The van der Waals surface area contributed by atoms with Gasteiger partial charge in [0.15, 0.2) is 11.5 Å². The van der Waals surface area contributed by atoms with Crippen molar-refractivity contribution in [2.75, 3.05) is 20.3 Å². The van der Waals surface area contributed by atoms with Crippen LogP contribution in [-0.4, -0.2) is 20.3 Å². The maximum atomic E-state index is 6.41. The summed E-state index contributed by atoms with van der Waals surface area (Å²) in [4.78, 5) is 0. The number of ether oxygens (including phenoxy) is 3. The number of nitrogens with two attached hydrogens (primary N) is 1. The molecule has 0 amide bonds. The van der Waals surface area contributed by atoms with Crippen molar-refractivity contribution in [1.29, 1.82) is 0 Å². The van der Waals surface area contributed by atoms with E-state index in [0.29, 0.717) is 19.8 Å². The Kier molecular flexibility index (Phi) is 2.92. The molecule has 0 unspecified atom stereocenters. The first kappa shape index (κ1) is 11.8. The second kappa shape index (κ2) is 4.44. The van der Waals surface area contributed by atoms with Gasteiger partial charge in [-0.3, -0.25) is 0 Å². The van der Waals surface area contributed by atoms with Gasteiger partial charge in [-0.05, 0) is 19.3 Å². The fourth-order valence-corrected chi connectivity index (χ4v) is 2.68. The molecule has 4 nitrogen and oxygen atoms in total. The number of hydrogen-bond donors (Lipinski definition) is 1. The highest BCUT2D eigenvalue weighted by atomic mass is 16.6. The molecular weight excluding hydrogens is 230 g/mol. The van der Waals surface area contributed by atoms with Gasteiger partial charge in [-0.25, -0.2) is 0 Å². The predicted molar refractivity (Wildman–Crippen MR) is 67.9 cm³/mol. The van der Waals surface area contributed by atoms with E-state index in [1.54, 1.807) is 7.11 Å². The number of rotatable bonds is 3. The largest absolute Gasteiger partial charge is 0.486 e. The fourth-order valence-electron chi connectivity index (χ4n) is 2.68. The summed E-state index contributed by atoms with van der Waals surface area (Å²) in [7, 11) is 1.68. The van der Waals surface area contributed by atoms with Crippen LogP contribution in [0, 0.1) is 0 Å². The van der Waals surface area contributed by atoms with Crippen LogP contribution in [-0.2, 0) is 16.9 Å². The monoisotopic (exact) mass is 249 g/mol. The van der Waals surface area contributed by atoms with Crippen molar-refractivity contribution in [3.63, 3.8) is 0 Å². The molecular formula is C14H19NO3. The Morgan fingerprint density at radius 3 is 2.56 bits per heavy atom. The molecule has 0 aromatic heterocycles. The Morgan fingerprint density at radius 1 is 1.22 bits per heavy atom. The van der Waals surface area contributed by atoms with Gasteiger partial charge in [0.2, 0.25) is 0 Å². The minimum atomic E-state index is -0.226. The second-order valence-corrected chi connectivity index (χ2v) is 5.07. The normalized spacial score (nSPS) is 20.3. The highest BCUT2D eigenvalue weighted by Gasteiger charge is 2.38. The minimum Gasteiger partial charge on any atom is -0.486 e. The van der Waals surface area contributed by atoms with E-state index in [-0.39, 0.29) is 5.54 Å². The summed E-state index contributed by atoms with van der Waals surface area (Å²) in [6, 6.07) is 4.11. The first-order valence-corrected chi connectivity index (χ1v) is 6.44. The van der Waals surface area contributed by atoms with Crippen LogP contribution in [0.2, 0.25) is 0 Å². The molecule has 1 aliphatic carbocycles. The Labute approximate surface area is 107 Å². The Morgan fingerprint density at radius 2 is 1.94 bits per heavy atom. The minimum absolute atomic E-state index is 0.226. The highest BCUT2D eigenvalue weighted by molar-refractivity contribution is 5.55. The summed E-state index contributed by atoms with van der Waals surface area (Å²) in [6.45, 7) is 1.71. The predicted octanol–water partition coefficient (Wildman–Crippen LogP) is 1.94. The van der Waals surface area contributed by atoms with E-state index in [4.69, 9.17) is 19.9 Å². The highest BCUT2D eigenvalue weighted by Crippen LogP contribution is 2.48. The van der Waals surface area contributed by atoms with Crippen LogP contribution in [0.4, 0.5) is 0 Å². The molecule has 2 N–H and O–H groups in total. The molecule has 4 heteroatoms. The summed E-state index contributed by atoms with van der Waals surface area (Å²) >= 11 is 0. The summed E-state index contributed by atoms with van der Waals surface area (Å²) in [5.41, 5.74) is 8.29. The van der Waals surface area contributed by atoms with Crippen molar-refractivity contribution in [3.05, 3.63) is 23.3 Å². The van der Waals surface area contributed by atoms with Crippen molar-refractivity contribution in [1.82, 2.24) is 0 Å². The quantitative estimate of drug-likeness (QED) is 0.889. The topological polar surface area (TPSA) is 53.7 Å². The maximum Gasteiger partial charge on any atom is 0.167 e. The third kappa shape index (κ3) is 1.76. The molecule has 0 saturated heterocycles. The molecule has 2 aliphatic rings. The summed E-state index contributed by atoms with van der Waals surface area (Å²) in [5.74, 6) is 1.65. The zero-order chi connectivity index (χ0) is 12.6. The molecule has 0 bridgehead atoms. The van der Waals surface area contributed by atoms with Gasteiger partial charge in [0, 0.05) is 23.8 Å². The first-order valence-electron chi connectivity index (χ1n) is 6.44. The SMILES string of the molecule is COCc1ccc(C2(N)CCC2)c2c1OCCO2. The number of hydrogen-bond acceptors (Lipinski definition) is 4. The third-order valence-corrected chi connectivity index (χ3v) is 3.85. The van der Waals surface area contributed by atoms with Crippen molar-refractivity contribution in [3.8, 4) is 11.5 Å². The fraction of sp³-hybridized carbons (Fsp3) is 0.571. The van der Waals surface area contributed by atoms with Crippen LogP contribution in [0.3, 0.4) is 0 Å². The summed E-state index contributed by atoms with van der Waals surface area (Å²) in [5, 5.41) is 0. The van der Waals surface area contributed by atoms with E-state index >= 15 is 0 Å². The van der Waals surface area contributed by atoms with Gasteiger partial charge in [-0.15, -0.1) is 0 Å². The zero-order valence-corrected chi connectivity index (χ0v) is 10.7. The lowest BCUT2D eigenvalue weighted by atomic mass is 9.72. The summed E-state index contributed by atoms with van der Waals surface area (Å²) < 4.78 is 16.7. The lowest BCUT2D eigenvalue weighted by Crippen LogP contribution is -2.44. The smallest absolute Gasteiger partial charge is 0.167 e. The molecule has 1 heterocycles. The second-order valence-electron chi connectivity index (χ2n) is 5.07. The molecule has 1 aromatic rings. The first-order chi connectivity index (χ1) is 8.74. The molecule has 1 fully saturated rings. The zero-order valence-electron chi connectivity index (χ0n) is 10.7. The molecule has 0 spiro atoms. The standard InChI is InChI=1S/C14H19NO3/c1-16-9-10-3-4-11(14(15)5-2-6-14)13-12(10)17-7-8-18-13/h3-4H,2,5-9,15H2,1H3. The van der Waals surface area contributed by atoms with Crippen LogP contribution in [0.25, 0.3) is 0 Å². The molecule has 0 radical (unpaired) electrons. The van der Waals surface area contributed by atoms with Gasteiger partial charge in [0.1, 0.15) is 13.2 Å². The number of fused-ring (bicyclic) bond motifs is 1. The Hall–Kier alpha value is -1.26. The van der Waals surface area contributed by atoms with Crippen molar-refractivity contribution in [2.45, 2.75) is 31.4 Å². The van der Waals surface area contributed by atoms with E-state index in [1.165, 1.54) is 6.42 Å². The molecule has 1 aliphatic heterocycles. The molecule has 98 valence electrons. The van der Waals surface area contributed by atoms with Crippen LogP contribution < -0.4 is 15.2 Å². The van der Waals surface area contributed by atoms with Gasteiger partial charge in [0.25, 0.3) is 0 Å². The van der Waals surface area contributed by atoms with Crippen LogP contribution >= 0.6 is 0 Å². The lowest BCUT2D eigenvalue weighted by molar-refractivity contribution is 0.145. The average molecular weight is 249 g/mol. The molecule has 3 rings (SSSR count). The van der Waals surface area contributed by atoms with Crippen molar-refractivity contribution >= 4 is 0 Å². The van der Waals surface area contributed by atoms with Crippen LogP contribution in [0.5, 0.6) is 11.5 Å². The molecule has 1 saturated carbocycles. The summed E-state index contributed by atoms with van der Waals surface area (Å²) in [6.07, 6.45) is 3.23. The Balaban J connectivity index is 2.05. The Bertz CT molecular complexity index is 455. The average Bonchev–Trinajstić information content (AvgIpc) is 2.37. The molecule has 18 heavy (non-hydrogen) atoms. The van der Waals surface area contributed by atoms with E-state index in [0.717, 1.165) is 35.5 Å². The number of methoxy groups -OCH3 is 1. The van der Waals surface area contributed by atoms with Gasteiger partial charge < -0.3 is 19.9 Å². The molecule has 0 atom stereocenters.